The Morgan fingerprint density at radius 2 is 2.00 bits per heavy atom. The summed E-state index contributed by atoms with van der Waals surface area (Å²) in [5.41, 5.74) is 7.29. The highest BCUT2D eigenvalue weighted by atomic mass is 16.4. The number of rotatable bonds is 3. The molecule has 16 heavy (non-hydrogen) atoms. The average Bonchev–Trinajstić information content (AvgIpc) is 2.66. The van der Waals surface area contributed by atoms with Gasteiger partial charge in [0, 0.05) is 12.1 Å². The largest absolute Gasteiger partial charge is 0.421 e. The van der Waals surface area contributed by atoms with Crippen LogP contribution in [0.3, 0.4) is 0 Å². The third kappa shape index (κ3) is 2.21. The van der Waals surface area contributed by atoms with Crippen LogP contribution in [0.25, 0.3) is 11.5 Å². The molecule has 1 aromatic heterocycles. The van der Waals surface area contributed by atoms with E-state index in [1.165, 1.54) is 0 Å². The summed E-state index contributed by atoms with van der Waals surface area (Å²) < 4.78 is 5.56. The molecule has 2 aromatic rings. The quantitative estimate of drug-likeness (QED) is 0.802. The van der Waals surface area contributed by atoms with Crippen molar-refractivity contribution < 1.29 is 4.42 Å². The van der Waals surface area contributed by atoms with Gasteiger partial charge in [0.1, 0.15) is 0 Å². The monoisotopic (exact) mass is 217 g/mol. The molecule has 0 fully saturated rings. The maximum atomic E-state index is 5.84. The van der Waals surface area contributed by atoms with Crippen molar-refractivity contribution in [2.24, 2.45) is 5.92 Å². The highest BCUT2D eigenvalue weighted by Crippen LogP contribution is 2.24. The Morgan fingerprint density at radius 3 is 2.69 bits per heavy atom. The standard InChI is InChI=1S/C12H15N3O/c1-8(2)7-11-14-15-12(16-11)9-5-3-4-6-10(9)13/h3-6,8H,7,13H2,1-2H3. The number of hydrogen-bond donors (Lipinski definition) is 1. The van der Waals surface area contributed by atoms with Crippen molar-refractivity contribution in [2.45, 2.75) is 20.3 Å². The number of nitrogen functional groups attached to an aromatic ring is 1. The molecule has 1 heterocycles. The molecule has 2 N–H and O–H groups in total. The van der Waals surface area contributed by atoms with Gasteiger partial charge >= 0.3 is 0 Å². The summed E-state index contributed by atoms with van der Waals surface area (Å²) in [7, 11) is 0. The van der Waals surface area contributed by atoms with E-state index in [2.05, 4.69) is 24.0 Å². The van der Waals surface area contributed by atoms with Gasteiger partial charge in [0.15, 0.2) is 0 Å². The molecule has 4 heteroatoms. The fraction of sp³-hybridized carbons (Fsp3) is 0.333. The number of aromatic nitrogens is 2. The van der Waals surface area contributed by atoms with E-state index >= 15 is 0 Å². The Morgan fingerprint density at radius 1 is 1.25 bits per heavy atom. The smallest absolute Gasteiger partial charge is 0.249 e. The van der Waals surface area contributed by atoms with Gasteiger partial charge in [0.25, 0.3) is 0 Å². The van der Waals surface area contributed by atoms with E-state index in [4.69, 9.17) is 10.2 Å². The molecule has 0 saturated carbocycles. The number of nitrogens with two attached hydrogens (primary N) is 1. The van der Waals surface area contributed by atoms with Gasteiger partial charge in [0.05, 0.1) is 5.56 Å². The van der Waals surface area contributed by atoms with E-state index in [0.29, 0.717) is 23.4 Å². The van der Waals surface area contributed by atoms with Gasteiger partial charge in [-0.05, 0) is 18.1 Å². The maximum Gasteiger partial charge on any atom is 0.249 e. The molecule has 4 nitrogen and oxygen atoms in total. The molecular formula is C12H15N3O. The molecule has 0 saturated heterocycles. The van der Waals surface area contributed by atoms with Crippen LogP contribution in [0.4, 0.5) is 5.69 Å². The van der Waals surface area contributed by atoms with Gasteiger partial charge in [-0.15, -0.1) is 10.2 Å². The highest BCUT2D eigenvalue weighted by molar-refractivity contribution is 5.69. The van der Waals surface area contributed by atoms with Crippen molar-refractivity contribution in [2.75, 3.05) is 5.73 Å². The summed E-state index contributed by atoms with van der Waals surface area (Å²) in [5.74, 6) is 1.66. The molecule has 0 unspecified atom stereocenters. The number of hydrogen-bond acceptors (Lipinski definition) is 4. The summed E-state index contributed by atoms with van der Waals surface area (Å²) in [6.07, 6.45) is 0.791. The summed E-state index contributed by atoms with van der Waals surface area (Å²) >= 11 is 0. The second-order valence-electron chi connectivity index (χ2n) is 4.19. The molecular weight excluding hydrogens is 202 g/mol. The maximum absolute atomic E-state index is 5.84. The van der Waals surface area contributed by atoms with E-state index in [9.17, 15) is 0 Å². The van der Waals surface area contributed by atoms with Crippen molar-refractivity contribution in [3.05, 3.63) is 30.2 Å². The number of benzene rings is 1. The lowest BCUT2D eigenvalue weighted by Gasteiger charge is -1.99. The summed E-state index contributed by atoms with van der Waals surface area (Å²) in [6, 6.07) is 7.48. The van der Waals surface area contributed by atoms with Crippen LogP contribution in [0, 0.1) is 5.92 Å². The minimum Gasteiger partial charge on any atom is -0.421 e. The van der Waals surface area contributed by atoms with Gasteiger partial charge in [-0.2, -0.15) is 0 Å². The predicted molar refractivity (Wildman–Crippen MR) is 62.7 cm³/mol. The topological polar surface area (TPSA) is 64.9 Å². The molecule has 2 rings (SSSR count). The SMILES string of the molecule is CC(C)Cc1nnc(-c2ccccc2N)o1. The van der Waals surface area contributed by atoms with Crippen LogP contribution < -0.4 is 5.73 Å². The van der Waals surface area contributed by atoms with Crippen molar-refractivity contribution in [3.63, 3.8) is 0 Å². The molecule has 0 amide bonds. The fourth-order valence-electron chi connectivity index (χ4n) is 1.49. The zero-order chi connectivity index (χ0) is 11.5. The van der Waals surface area contributed by atoms with E-state index < -0.39 is 0 Å². The van der Waals surface area contributed by atoms with Crippen molar-refractivity contribution in [3.8, 4) is 11.5 Å². The molecule has 0 atom stereocenters. The van der Waals surface area contributed by atoms with Crippen molar-refractivity contribution in [1.29, 1.82) is 0 Å². The third-order valence-corrected chi connectivity index (χ3v) is 2.24. The molecule has 0 aliphatic rings. The predicted octanol–water partition coefficient (Wildman–Crippen LogP) is 2.52. The van der Waals surface area contributed by atoms with Crippen LogP contribution >= 0.6 is 0 Å². The Bertz CT molecular complexity index is 477. The van der Waals surface area contributed by atoms with E-state index in [1.807, 2.05) is 24.3 Å². The molecule has 84 valence electrons. The van der Waals surface area contributed by atoms with E-state index in [1.54, 1.807) is 0 Å². The first-order valence-corrected chi connectivity index (χ1v) is 5.34. The molecule has 0 radical (unpaired) electrons. The lowest BCUT2D eigenvalue weighted by Crippen LogP contribution is -1.93. The summed E-state index contributed by atoms with van der Waals surface area (Å²) in [6.45, 7) is 4.22. The molecule has 0 bridgehead atoms. The minimum atomic E-state index is 0.494. The van der Waals surface area contributed by atoms with E-state index in [-0.39, 0.29) is 0 Å². The zero-order valence-corrected chi connectivity index (χ0v) is 9.47. The number of para-hydroxylation sites is 1. The van der Waals surface area contributed by atoms with Crippen LogP contribution in [-0.4, -0.2) is 10.2 Å². The summed E-state index contributed by atoms with van der Waals surface area (Å²) in [4.78, 5) is 0. The second-order valence-corrected chi connectivity index (χ2v) is 4.19. The number of nitrogens with zero attached hydrogens (tertiary/aromatic N) is 2. The van der Waals surface area contributed by atoms with Crippen LogP contribution in [-0.2, 0) is 6.42 Å². The average molecular weight is 217 g/mol. The van der Waals surface area contributed by atoms with Gasteiger partial charge in [-0.25, -0.2) is 0 Å². The fourth-order valence-corrected chi connectivity index (χ4v) is 1.49. The molecule has 0 aliphatic carbocycles. The van der Waals surface area contributed by atoms with Crippen molar-refractivity contribution >= 4 is 5.69 Å². The third-order valence-electron chi connectivity index (χ3n) is 2.24. The van der Waals surface area contributed by atoms with Gasteiger partial charge < -0.3 is 10.2 Å². The Kier molecular flexibility index (Phi) is 2.90. The first kappa shape index (κ1) is 10.7. The lowest BCUT2D eigenvalue weighted by atomic mass is 10.1. The van der Waals surface area contributed by atoms with Gasteiger partial charge in [0.2, 0.25) is 11.8 Å². The van der Waals surface area contributed by atoms with Crippen LogP contribution in [0.1, 0.15) is 19.7 Å². The summed E-state index contributed by atoms with van der Waals surface area (Å²) in [5, 5.41) is 8.01. The molecule has 0 aliphatic heterocycles. The second kappa shape index (κ2) is 4.35. The first-order chi connectivity index (χ1) is 7.66. The van der Waals surface area contributed by atoms with E-state index in [0.717, 1.165) is 12.0 Å². The first-order valence-electron chi connectivity index (χ1n) is 5.34. The van der Waals surface area contributed by atoms with Gasteiger partial charge in [-0.1, -0.05) is 26.0 Å². The van der Waals surface area contributed by atoms with Crippen molar-refractivity contribution in [1.82, 2.24) is 10.2 Å². The van der Waals surface area contributed by atoms with Crippen LogP contribution in [0.2, 0.25) is 0 Å². The lowest BCUT2D eigenvalue weighted by molar-refractivity contribution is 0.466. The minimum absolute atomic E-state index is 0.494. The Labute approximate surface area is 94.5 Å². The van der Waals surface area contributed by atoms with Crippen LogP contribution in [0.5, 0.6) is 0 Å². The highest BCUT2D eigenvalue weighted by Gasteiger charge is 2.11. The Hall–Kier alpha value is -1.84. The zero-order valence-electron chi connectivity index (χ0n) is 9.47. The number of anilines is 1. The normalized spacial score (nSPS) is 10.9. The van der Waals surface area contributed by atoms with Crippen LogP contribution in [0.15, 0.2) is 28.7 Å². The Balaban J connectivity index is 2.28. The van der Waals surface area contributed by atoms with Gasteiger partial charge in [-0.3, -0.25) is 0 Å². The molecule has 1 aromatic carbocycles. The molecule has 0 spiro atoms.